The van der Waals surface area contributed by atoms with Gasteiger partial charge in [-0.15, -0.1) is 0 Å². The van der Waals surface area contributed by atoms with E-state index in [1.54, 1.807) is 30.9 Å². The summed E-state index contributed by atoms with van der Waals surface area (Å²) in [4.78, 5) is 35.5. The van der Waals surface area contributed by atoms with Gasteiger partial charge < -0.3 is 4.90 Å². The zero-order valence-corrected chi connectivity index (χ0v) is 15.0. The third-order valence-corrected chi connectivity index (χ3v) is 4.44. The van der Waals surface area contributed by atoms with E-state index in [0.717, 1.165) is 12.8 Å². The van der Waals surface area contributed by atoms with Crippen LogP contribution in [0.25, 0.3) is 11.0 Å². The summed E-state index contributed by atoms with van der Waals surface area (Å²) in [6, 6.07) is 1.60. The van der Waals surface area contributed by atoms with Gasteiger partial charge in [-0.3, -0.25) is 14.2 Å². The molecule has 0 aliphatic carbocycles. The lowest BCUT2D eigenvalue weighted by Crippen LogP contribution is -2.34. The van der Waals surface area contributed by atoms with Crippen LogP contribution in [0.4, 0.5) is 0 Å². The average Bonchev–Trinajstić information content (AvgIpc) is 2.56. The van der Waals surface area contributed by atoms with Crippen molar-refractivity contribution in [2.45, 2.75) is 37.9 Å². The first-order valence-corrected chi connectivity index (χ1v) is 8.84. The first-order valence-electron chi connectivity index (χ1n) is 7.62. The van der Waals surface area contributed by atoms with Crippen molar-refractivity contribution in [3.05, 3.63) is 28.2 Å². The van der Waals surface area contributed by atoms with E-state index < -0.39 is 0 Å². The first-order chi connectivity index (χ1) is 10.9. The van der Waals surface area contributed by atoms with E-state index in [1.165, 1.54) is 16.7 Å². The van der Waals surface area contributed by atoms with E-state index in [4.69, 9.17) is 0 Å². The van der Waals surface area contributed by atoms with Gasteiger partial charge in [0.05, 0.1) is 0 Å². The van der Waals surface area contributed by atoms with Crippen LogP contribution < -0.4 is 5.56 Å². The van der Waals surface area contributed by atoms with Crippen LogP contribution in [0.1, 0.15) is 43.1 Å². The van der Waals surface area contributed by atoms with Gasteiger partial charge in [0, 0.05) is 31.7 Å². The number of rotatable bonds is 5. The van der Waals surface area contributed by atoms with Crippen molar-refractivity contribution in [1.29, 1.82) is 0 Å². The first kappa shape index (κ1) is 17.5. The molecule has 0 radical (unpaired) electrons. The van der Waals surface area contributed by atoms with Gasteiger partial charge in [0.2, 0.25) is 0 Å². The highest BCUT2D eigenvalue weighted by Gasteiger charge is 2.21. The fraction of sp³-hybridized carbons (Fsp3) is 0.500. The van der Waals surface area contributed by atoms with Gasteiger partial charge in [-0.1, -0.05) is 25.6 Å². The lowest BCUT2D eigenvalue weighted by Gasteiger charge is -2.20. The van der Waals surface area contributed by atoms with Gasteiger partial charge >= 0.3 is 0 Å². The largest absolute Gasteiger partial charge is 0.345 e. The predicted molar refractivity (Wildman–Crippen MR) is 93.2 cm³/mol. The van der Waals surface area contributed by atoms with Gasteiger partial charge in [-0.05, 0) is 25.2 Å². The minimum Gasteiger partial charge on any atom is -0.345 e. The summed E-state index contributed by atoms with van der Waals surface area (Å²) in [5.41, 5.74) is 0.476. The number of pyridine rings is 1. The molecule has 0 aliphatic rings. The van der Waals surface area contributed by atoms with Crippen molar-refractivity contribution in [2.24, 2.45) is 0 Å². The van der Waals surface area contributed by atoms with Crippen LogP contribution in [-0.2, 0) is 0 Å². The second-order valence-electron chi connectivity index (χ2n) is 5.54. The number of thioether (sulfide) groups is 1. The average molecular weight is 334 g/mol. The molecule has 0 saturated heterocycles. The summed E-state index contributed by atoms with van der Waals surface area (Å²) in [6.45, 7) is 4.06. The second-order valence-corrected chi connectivity index (χ2v) is 6.31. The van der Waals surface area contributed by atoms with Crippen molar-refractivity contribution in [1.82, 2.24) is 19.4 Å². The van der Waals surface area contributed by atoms with Crippen molar-refractivity contribution in [2.75, 3.05) is 20.4 Å². The lowest BCUT2D eigenvalue weighted by atomic mass is 10.1. The van der Waals surface area contributed by atoms with E-state index in [2.05, 4.69) is 9.97 Å². The Labute approximate surface area is 139 Å². The van der Waals surface area contributed by atoms with Crippen LogP contribution in [0.5, 0.6) is 0 Å². The predicted octanol–water partition coefficient (Wildman–Crippen LogP) is 2.58. The minimum absolute atomic E-state index is 0.00418. The Morgan fingerprint density at radius 2 is 2.00 bits per heavy atom. The Morgan fingerprint density at radius 3 is 2.52 bits per heavy atom. The molecule has 2 aromatic heterocycles. The quantitative estimate of drug-likeness (QED) is 0.621. The SMILES string of the molecule is CCC(CC)n1c(=O)c(C(=O)N(C)C)cc2cnc(SC)nc21. The van der Waals surface area contributed by atoms with Crippen LogP contribution in [0.3, 0.4) is 0 Å². The van der Waals surface area contributed by atoms with Gasteiger partial charge in [0.1, 0.15) is 11.2 Å². The highest BCUT2D eigenvalue weighted by molar-refractivity contribution is 7.98. The molecule has 0 bridgehead atoms. The number of aromatic nitrogens is 3. The molecule has 0 spiro atoms. The summed E-state index contributed by atoms with van der Waals surface area (Å²) in [5, 5.41) is 1.32. The van der Waals surface area contributed by atoms with Crippen molar-refractivity contribution in [3.63, 3.8) is 0 Å². The maximum Gasteiger partial charge on any atom is 0.265 e. The van der Waals surface area contributed by atoms with Crippen molar-refractivity contribution >= 4 is 28.7 Å². The molecule has 0 fully saturated rings. The van der Waals surface area contributed by atoms with Crippen LogP contribution >= 0.6 is 11.8 Å². The van der Waals surface area contributed by atoms with Crippen molar-refractivity contribution in [3.8, 4) is 0 Å². The fourth-order valence-corrected chi connectivity index (χ4v) is 2.93. The van der Waals surface area contributed by atoms with E-state index in [0.29, 0.717) is 16.2 Å². The molecule has 2 aromatic rings. The topological polar surface area (TPSA) is 68.1 Å². The van der Waals surface area contributed by atoms with Crippen LogP contribution in [0, 0.1) is 0 Å². The third-order valence-electron chi connectivity index (χ3n) is 3.88. The second kappa shape index (κ2) is 7.12. The molecule has 0 unspecified atom stereocenters. The molecule has 1 amide bonds. The van der Waals surface area contributed by atoms with Gasteiger partial charge in [-0.2, -0.15) is 0 Å². The summed E-state index contributed by atoms with van der Waals surface area (Å²) in [6.07, 6.45) is 5.16. The number of carbonyl (C=O) groups is 1. The molecular weight excluding hydrogens is 312 g/mol. The Kier molecular flexibility index (Phi) is 5.41. The van der Waals surface area contributed by atoms with Gasteiger partial charge in [0.15, 0.2) is 5.16 Å². The highest BCUT2D eigenvalue weighted by Crippen LogP contribution is 2.22. The zero-order chi connectivity index (χ0) is 17.1. The summed E-state index contributed by atoms with van der Waals surface area (Å²) in [5.74, 6) is -0.300. The number of hydrogen-bond acceptors (Lipinski definition) is 5. The van der Waals surface area contributed by atoms with E-state index in [-0.39, 0.29) is 23.1 Å². The molecule has 6 nitrogen and oxygen atoms in total. The Hall–Kier alpha value is -1.89. The Bertz CT molecular complexity index is 781. The monoisotopic (exact) mass is 334 g/mol. The number of amides is 1. The molecule has 0 saturated carbocycles. The maximum atomic E-state index is 12.9. The smallest absolute Gasteiger partial charge is 0.265 e. The van der Waals surface area contributed by atoms with E-state index in [9.17, 15) is 9.59 Å². The normalized spacial score (nSPS) is 11.2. The highest BCUT2D eigenvalue weighted by atomic mass is 32.2. The van der Waals surface area contributed by atoms with Crippen molar-refractivity contribution < 1.29 is 4.79 Å². The molecule has 0 aromatic carbocycles. The summed E-state index contributed by atoms with van der Waals surface area (Å²) in [7, 11) is 3.28. The number of hydrogen-bond donors (Lipinski definition) is 0. The molecule has 124 valence electrons. The molecule has 23 heavy (non-hydrogen) atoms. The third kappa shape index (κ3) is 3.24. The number of nitrogens with zero attached hydrogens (tertiary/aromatic N) is 4. The molecular formula is C16H22N4O2S. The summed E-state index contributed by atoms with van der Waals surface area (Å²) >= 11 is 1.43. The molecule has 2 heterocycles. The van der Waals surface area contributed by atoms with Crippen LogP contribution in [0.15, 0.2) is 22.2 Å². The van der Waals surface area contributed by atoms with E-state index >= 15 is 0 Å². The minimum atomic E-state index is -0.300. The van der Waals surface area contributed by atoms with E-state index in [1.807, 2.05) is 20.1 Å². The van der Waals surface area contributed by atoms with Crippen LogP contribution in [-0.4, -0.2) is 45.7 Å². The van der Waals surface area contributed by atoms with Gasteiger partial charge in [-0.25, -0.2) is 9.97 Å². The molecule has 0 atom stereocenters. The molecule has 2 rings (SSSR count). The number of fused-ring (bicyclic) bond motifs is 1. The summed E-state index contributed by atoms with van der Waals surface area (Å²) < 4.78 is 1.66. The zero-order valence-electron chi connectivity index (χ0n) is 14.2. The molecule has 0 aliphatic heterocycles. The Balaban J connectivity index is 2.86. The molecule has 0 N–H and O–H groups in total. The standard InChI is InChI=1S/C16H22N4O2S/c1-6-11(7-2)20-13-10(9-17-16(18-13)23-5)8-12(15(20)22)14(21)19(3)4/h8-9,11H,6-7H2,1-5H3. The fourth-order valence-electron chi connectivity index (χ4n) is 2.59. The molecule has 7 heteroatoms. The number of carbonyl (C=O) groups excluding carboxylic acids is 1. The Morgan fingerprint density at radius 1 is 1.35 bits per heavy atom. The maximum absolute atomic E-state index is 12.9. The van der Waals surface area contributed by atoms with Crippen LogP contribution in [0.2, 0.25) is 0 Å². The van der Waals surface area contributed by atoms with Gasteiger partial charge in [0.25, 0.3) is 11.5 Å². The lowest BCUT2D eigenvalue weighted by molar-refractivity contribution is 0.0825.